The highest BCUT2D eigenvalue weighted by molar-refractivity contribution is 5.88. The highest BCUT2D eigenvalue weighted by atomic mass is 16.6. The number of hydrogen-bond acceptors (Lipinski definition) is 5. The molecule has 1 fully saturated rings. The Hall–Kier alpha value is -1.49. The van der Waals surface area contributed by atoms with Gasteiger partial charge in [0, 0.05) is 12.4 Å². The van der Waals surface area contributed by atoms with Gasteiger partial charge in [-0.15, -0.1) is 0 Å². The third-order valence-electron chi connectivity index (χ3n) is 2.52. The van der Waals surface area contributed by atoms with Crippen LogP contribution in [0.15, 0.2) is 12.4 Å². The second kappa shape index (κ2) is 3.77. The smallest absolute Gasteiger partial charge is 0.341 e. The Bertz CT molecular complexity index is 430. The Morgan fingerprint density at radius 1 is 1.35 bits per heavy atom. The molecule has 0 spiro atoms. The minimum Gasteiger partial charge on any atom is -0.456 e. The normalized spacial score (nSPS) is 17.6. The van der Waals surface area contributed by atoms with Gasteiger partial charge >= 0.3 is 5.97 Å². The van der Waals surface area contributed by atoms with Crippen LogP contribution in [0.4, 0.5) is 0 Å². The molecule has 1 aliphatic carbocycles. The van der Waals surface area contributed by atoms with Gasteiger partial charge in [-0.1, -0.05) is 0 Å². The molecule has 0 bridgehead atoms. The second-order valence-electron chi connectivity index (χ2n) is 5.45. The van der Waals surface area contributed by atoms with E-state index in [0.29, 0.717) is 11.4 Å². The molecule has 2 rings (SSSR count). The van der Waals surface area contributed by atoms with E-state index in [0.717, 1.165) is 12.8 Å². The standard InChI is InChI=1S/C12H17N3O2/c1-11(2,3)17-9(16)8-6-14-10(15-7-8)12(13)4-5-12/h6-7H,4-5,13H2,1-3H3. The largest absolute Gasteiger partial charge is 0.456 e. The van der Waals surface area contributed by atoms with E-state index in [4.69, 9.17) is 10.5 Å². The number of hydrogen-bond donors (Lipinski definition) is 1. The van der Waals surface area contributed by atoms with Gasteiger partial charge < -0.3 is 10.5 Å². The Kier molecular flexibility index (Phi) is 2.66. The zero-order valence-electron chi connectivity index (χ0n) is 10.4. The van der Waals surface area contributed by atoms with E-state index in [1.165, 1.54) is 12.4 Å². The fourth-order valence-corrected chi connectivity index (χ4v) is 1.39. The van der Waals surface area contributed by atoms with Crippen molar-refractivity contribution in [1.82, 2.24) is 9.97 Å². The van der Waals surface area contributed by atoms with Crippen molar-refractivity contribution >= 4 is 5.97 Å². The van der Waals surface area contributed by atoms with Crippen LogP contribution in [0.5, 0.6) is 0 Å². The molecule has 0 atom stereocenters. The van der Waals surface area contributed by atoms with E-state index < -0.39 is 11.6 Å². The van der Waals surface area contributed by atoms with E-state index in [1.807, 2.05) is 20.8 Å². The number of esters is 1. The topological polar surface area (TPSA) is 78.1 Å². The molecular weight excluding hydrogens is 218 g/mol. The van der Waals surface area contributed by atoms with E-state index in [1.54, 1.807) is 0 Å². The minimum atomic E-state index is -0.513. The maximum absolute atomic E-state index is 11.7. The number of rotatable bonds is 2. The predicted molar refractivity (Wildman–Crippen MR) is 62.3 cm³/mol. The third-order valence-corrected chi connectivity index (χ3v) is 2.52. The summed E-state index contributed by atoms with van der Waals surface area (Å²) in [5, 5.41) is 0. The summed E-state index contributed by atoms with van der Waals surface area (Å²) in [4.78, 5) is 20.0. The first-order chi connectivity index (χ1) is 7.80. The molecule has 0 aromatic carbocycles. The summed E-state index contributed by atoms with van der Waals surface area (Å²) in [5.41, 5.74) is 5.43. The molecule has 17 heavy (non-hydrogen) atoms. The van der Waals surface area contributed by atoms with Gasteiger partial charge in [-0.2, -0.15) is 0 Å². The molecule has 5 heteroatoms. The Morgan fingerprint density at radius 2 is 1.88 bits per heavy atom. The lowest BCUT2D eigenvalue weighted by Gasteiger charge is -2.19. The number of aromatic nitrogens is 2. The highest BCUT2D eigenvalue weighted by Gasteiger charge is 2.43. The summed E-state index contributed by atoms with van der Waals surface area (Å²) >= 11 is 0. The fourth-order valence-electron chi connectivity index (χ4n) is 1.39. The first-order valence-corrected chi connectivity index (χ1v) is 5.65. The van der Waals surface area contributed by atoms with Crippen LogP contribution >= 0.6 is 0 Å². The van der Waals surface area contributed by atoms with Crippen molar-refractivity contribution < 1.29 is 9.53 Å². The van der Waals surface area contributed by atoms with Crippen molar-refractivity contribution in [3.8, 4) is 0 Å². The van der Waals surface area contributed by atoms with Gasteiger partial charge in [0.2, 0.25) is 0 Å². The lowest BCUT2D eigenvalue weighted by Crippen LogP contribution is -2.25. The van der Waals surface area contributed by atoms with Crippen molar-refractivity contribution in [2.24, 2.45) is 5.73 Å². The number of carbonyl (C=O) groups is 1. The molecule has 92 valence electrons. The highest BCUT2D eigenvalue weighted by Crippen LogP contribution is 2.40. The Labute approximate surface area is 100 Å². The maximum atomic E-state index is 11.7. The van der Waals surface area contributed by atoms with Gasteiger partial charge in [0.25, 0.3) is 0 Å². The summed E-state index contributed by atoms with van der Waals surface area (Å²) < 4.78 is 5.21. The van der Waals surface area contributed by atoms with Crippen molar-refractivity contribution in [3.05, 3.63) is 23.8 Å². The van der Waals surface area contributed by atoms with E-state index in [-0.39, 0.29) is 5.54 Å². The molecule has 2 N–H and O–H groups in total. The van der Waals surface area contributed by atoms with Crippen LogP contribution in [-0.4, -0.2) is 21.5 Å². The molecule has 0 aliphatic heterocycles. The average Bonchev–Trinajstić information content (AvgIpc) is 2.96. The molecule has 1 heterocycles. The molecule has 1 saturated carbocycles. The summed E-state index contributed by atoms with van der Waals surface area (Å²) in [7, 11) is 0. The molecule has 1 aromatic rings. The second-order valence-corrected chi connectivity index (χ2v) is 5.45. The van der Waals surface area contributed by atoms with Gasteiger partial charge in [0.1, 0.15) is 11.4 Å². The molecule has 0 unspecified atom stereocenters. The van der Waals surface area contributed by atoms with Crippen LogP contribution in [0, 0.1) is 0 Å². The number of nitrogens with zero attached hydrogens (tertiary/aromatic N) is 2. The predicted octanol–water partition coefficient (Wildman–Crippen LogP) is 1.38. The first-order valence-electron chi connectivity index (χ1n) is 5.65. The third kappa shape index (κ3) is 2.79. The Morgan fingerprint density at radius 3 is 2.29 bits per heavy atom. The van der Waals surface area contributed by atoms with E-state index in [9.17, 15) is 4.79 Å². The van der Waals surface area contributed by atoms with Crippen LogP contribution in [0.2, 0.25) is 0 Å². The van der Waals surface area contributed by atoms with Crippen LogP contribution in [-0.2, 0) is 10.3 Å². The van der Waals surface area contributed by atoms with Crippen LogP contribution in [0.25, 0.3) is 0 Å². The first kappa shape index (κ1) is 12.0. The molecule has 0 saturated heterocycles. The minimum absolute atomic E-state index is 0.355. The van der Waals surface area contributed by atoms with Crippen molar-refractivity contribution in [3.63, 3.8) is 0 Å². The molecular formula is C12H17N3O2. The molecule has 0 amide bonds. The summed E-state index contributed by atoms with van der Waals surface area (Å²) in [6, 6.07) is 0. The van der Waals surface area contributed by atoms with Crippen molar-refractivity contribution in [2.45, 2.75) is 44.8 Å². The van der Waals surface area contributed by atoms with Crippen LogP contribution in [0.3, 0.4) is 0 Å². The SMILES string of the molecule is CC(C)(C)OC(=O)c1cnc(C2(N)CC2)nc1. The summed E-state index contributed by atoms with van der Waals surface area (Å²) in [6.45, 7) is 5.46. The van der Waals surface area contributed by atoms with Crippen molar-refractivity contribution in [2.75, 3.05) is 0 Å². The van der Waals surface area contributed by atoms with Gasteiger partial charge in [-0.05, 0) is 33.6 Å². The molecule has 1 aliphatic rings. The number of carbonyl (C=O) groups excluding carboxylic acids is 1. The van der Waals surface area contributed by atoms with Gasteiger partial charge in [-0.25, -0.2) is 14.8 Å². The number of nitrogens with two attached hydrogens (primary N) is 1. The fraction of sp³-hybridized carbons (Fsp3) is 0.583. The lowest BCUT2D eigenvalue weighted by atomic mass is 10.2. The zero-order chi connectivity index (χ0) is 12.7. The monoisotopic (exact) mass is 235 g/mol. The van der Waals surface area contributed by atoms with E-state index in [2.05, 4.69) is 9.97 Å². The van der Waals surface area contributed by atoms with Gasteiger partial charge in [0.15, 0.2) is 0 Å². The van der Waals surface area contributed by atoms with Crippen molar-refractivity contribution in [1.29, 1.82) is 0 Å². The molecule has 5 nitrogen and oxygen atoms in total. The summed E-state index contributed by atoms with van der Waals surface area (Å²) in [6.07, 6.45) is 4.75. The zero-order valence-corrected chi connectivity index (χ0v) is 10.4. The van der Waals surface area contributed by atoms with Gasteiger partial charge in [-0.3, -0.25) is 0 Å². The lowest BCUT2D eigenvalue weighted by molar-refractivity contribution is 0.00685. The van der Waals surface area contributed by atoms with Crippen LogP contribution in [0.1, 0.15) is 49.8 Å². The average molecular weight is 235 g/mol. The molecule has 1 aromatic heterocycles. The van der Waals surface area contributed by atoms with Crippen LogP contribution < -0.4 is 5.73 Å². The van der Waals surface area contributed by atoms with E-state index >= 15 is 0 Å². The quantitative estimate of drug-likeness (QED) is 0.783. The molecule has 0 radical (unpaired) electrons. The Balaban J connectivity index is 2.10. The summed E-state index contributed by atoms with van der Waals surface area (Å²) in [5.74, 6) is 0.190. The van der Waals surface area contributed by atoms with Gasteiger partial charge in [0.05, 0.1) is 11.1 Å². The number of ether oxygens (including phenoxy) is 1. The maximum Gasteiger partial charge on any atom is 0.341 e.